The van der Waals surface area contributed by atoms with Crippen molar-refractivity contribution in [3.8, 4) is 0 Å². The van der Waals surface area contributed by atoms with Crippen molar-refractivity contribution < 1.29 is 9.13 Å². The summed E-state index contributed by atoms with van der Waals surface area (Å²) < 4.78 is 17.7. The molecule has 0 aromatic carbocycles. The smallest absolute Gasteiger partial charge is 0.118 e. The minimum absolute atomic E-state index is 0.192. The third kappa shape index (κ3) is 1.94. The zero-order valence-electron chi connectivity index (χ0n) is 6.91. The second kappa shape index (κ2) is 2.19. The van der Waals surface area contributed by atoms with E-state index in [0.717, 1.165) is 12.8 Å². The Balaban J connectivity index is 2.38. The summed E-state index contributed by atoms with van der Waals surface area (Å²) in [4.78, 5) is 0. The number of hydrogen-bond donors (Lipinski definition) is 0. The molecule has 0 unspecified atom stereocenters. The molecule has 1 aliphatic rings. The lowest BCUT2D eigenvalue weighted by molar-refractivity contribution is -0.0848. The summed E-state index contributed by atoms with van der Waals surface area (Å²) in [6, 6.07) is 0. The molecule has 0 aromatic rings. The van der Waals surface area contributed by atoms with E-state index in [1.165, 1.54) is 0 Å². The lowest BCUT2D eigenvalue weighted by Gasteiger charge is -2.25. The highest BCUT2D eigenvalue weighted by atomic mass is 19.1. The van der Waals surface area contributed by atoms with Gasteiger partial charge in [-0.15, -0.1) is 0 Å². The van der Waals surface area contributed by atoms with E-state index in [2.05, 4.69) is 0 Å². The van der Waals surface area contributed by atoms with Crippen molar-refractivity contribution in [1.82, 2.24) is 0 Å². The molecule has 0 aromatic heterocycles. The SMILES string of the molecule is CC(C)(C)OC1(CF)CC1. The fourth-order valence-corrected chi connectivity index (χ4v) is 1.05. The van der Waals surface area contributed by atoms with Gasteiger partial charge in [-0.1, -0.05) is 0 Å². The highest BCUT2D eigenvalue weighted by Crippen LogP contribution is 2.42. The van der Waals surface area contributed by atoms with Crippen molar-refractivity contribution in [1.29, 1.82) is 0 Å². The maximum Gasteiger partial charge on any atom is 0.118 e. The first-order valence-electron chi connectivity index (χ1n) is 3.74. The van der Waals surface area contributed by atoms with Crippen LogP contribution in [0.3, 0.4) is 0 Å². The predicted molar refractivity (Wildman–Crippen MR) is 38.8 cm³/mol. The zero-order chi connectivity index (χ0) is 7.83. The van der Waals surface area contributed by atoms with E-state index >= 15 is 0 Å². The fourth-order valence-electron chi connectivity index (χ4n) is 1.05. The summed E-state index contributed by atoms with van der Waals surface area (Å²) in [5.74, 6) is 0. The predicted octanol–water partition coefficient (Wildman–Crippen LogP) is 2.30. The average molecular weight is 146 g/mol. The Hall–Kier alpha value is -0.110. The van der Waals surface area contributed by atoms with E-state index in [1.807, 2.05) is 20.8 Å². The van der Waals surface area contributed by atoms with Crippen LogP contribution in [-0.4, -0.2) is 17.9 Å². The molecule has 2 heteroatoms. The molecule has 1 fully saturated rings. The van der Waals surface area contributed by atoms with Crippen LogP contribution < -0.4 is 0 Å². The normalized spacial score (nSPS) is 22.8. The summed E-state index contributed by atoms with van der Waals surface area (Å²) in [7, 11) is 0. The second-order valence-electron chi connectivity index (χ2n) is 4.03. The lowest BCUT2D eigenvalue weighted by atomic mass is 10.2. The number of rotatable bonds is 2. The van der Waals surface area contributed by atoms with Crippen LogP contribution in [0.1, 0.15) is 33.6 Å². The number of alkyl halides is 1. The molecule has 1 rings (SSSR count). The summed E-state index contributed by atoms with van der Waals surface area (Å²) in [6.45, 7) is 5.55. The quantitative estimate of drug-likeness (QED) is 0.581. The van der Waals surface area contributed by atoms with Crippen molar-refractivity contribution in [2.24, 2.45) is 0 Å². The van der Waals surface area contributed by atoms with Gasteiger partial charge in [-0.05, 0) is 33.6 Å². The van der Waals surface area contributed by atoms with E-state index in [4.69, 9.17) is 4.74 Å². The average Bonchev–Trinajstić information content (AvgIpc) is 2.45. The molecule has 60 valence electrons. The molecule has 0 heterocycles. The molecule has 0 spiro atoms. The Morgan fingerprint density at radius 3 is 2.00 bits per heavy atom. The molecule has 0 amide bonds. The van der Waals surface area contributed by atoms with Gasteiger partial charge in [0, 0.05) is 0 Å². The third-order valence-corrected chi connectivity index (χ3v) is 1.57. The fraction of sp³-hybridized carbons (Fsp3) is 1.00. The van der Waals surface area contributed by atoms with Crippen LogP contribution in [0.15, 0.2) is 0 Å². The maximum atomic E-state index is 12.2. The largest absolute Gasteiger partial charge is 0.367 e. The van der Waals surface area contributed by atoms with Gasteiger partial charge < -0.3 is 4.74 Å². The van der Waals surface area contributed by atoms with E-state index < -0.39 is 5.60 Å². The van der Waals surface area contributed by atoms with Gasteiger partial charge in [0.25, 0.3) is 0 Å². The van der Waals surface area contributed by atoms with Gasteiger partial charge in [-0.25, -0.2) is 4.39 Å². The zero-order valence-corrected chi connectivity index (χ0v) is 6.91. The van der Waals surface area contributed by atoms with Crippen LogP contribution in [0.25, 0.3) is 0 Å². The first-order chi connectivity index (χ1) is 4.47. The molecule has 0 atom stereocenters. The second-order valence-corrected chi connectivity index (χ2v) is 4.03. The van der Waals surface area contributed by atoms with E-state index in [0.29, 0.717) is 0 Å². The van der Waals surface area contributed by atoms with E-state index in [9.17, 15) is 4.39 Å². The Morgan fingerprint density at radius 2 is 1.90 bits per heavy atom. The summed E-state index contributed by atoms with van der Waals surface area (Å²) >= 11 is 0. The van der Waals surface area contributed by atoms with Crippen LogP contribution in [0.4, 0.5) is 4.39 Å². The Kier molecular flexibility index (Phi) is 1.75. The molecule has 1 aliphatic carbocycles. The van der Waals surface area contributed by atoms with Crippen molar-refractivity contribution in [2.45, 2.75) is 44.8 Å². The van der Waals surface area contributed by atoms with Crippen LogP contribution in [0.5, 0.6) is 0 Å². The summed E-state index contributed by atoms with van der Waals surface area (Å²) in [6.07, 6.45) is 1.78. The topological polar surface area (TPSA) is 9.23 Å². The highest BCUT2D eigenvalue weighted by molar-refractivity contribution is 4.96. The van der Waals surface area contributed by atoms with Gasteiger partial charge in [0.1, 0.15) is 6.67 Å². The first kappa shape index (κ1) is 7.99. The number of ether oxygens (including phenoxy) is 1. The molecule has 0 radical (unpaired) electrons. The van der Waals surface area contributed by atoms with E-state index in [-0.39, 0.29) is 12.3 Å². The van der Waals surface area contributed by atoms with Crippen molar-refractivity contribution in [3.63, 3.8) is 0 Å². The van der Waals surface area contributed by atoms with Crippen molar-refractivity contribution in [3.05, 3.63) is 0 Å². The van der Waals surface area contributed by atoms with Crippen molar-refractivity contribution in [2.75, 3.05) is 6.67 Å². The van der Waals surface area contributed by atoms with Crippen molar-refractivity contribution >= 4 is 0 Å². The summed E-state index contributed by atoms with van der Waals surface area (Å²) in [5, 5.41) is 0. The van der Waals surface area contributed by atoms with Crippen LogP contribution in [-0.2, 0) is 4.74 Å². The van der Waals surface area contributed by atoms with Gasteiger partial charge in [0.05, 0.1) is 11.2 Å². The molecular formula is C8H15FO. The Labute approximate surface area is 61.6 Å². The maximum absolute atomic E-state index is 12.2. The Bertz CT molecular complexity index is 122. The number of hydrogen-bond acceptors (Lipinski definition) is 1. The van der Waals surface area contributed by atoms with E-state index in [1.54, 1.807) is 0 Å². The highest BCUT2D eigenvalue weighted by Gasteiger charge is 2.46. The van der Waals surface area contributed by atoms with Gasteiger partial charge >= 0.3 is 0 Å². The molecular weight excluding hydrogens is 131 g/mol. The van der Waals surface area contributed by atoms with Gasteiger partial charge in [0.2, 0.25) is 0 Å². The first-order valence-corrected chi connectivity index (χ1v) is 3.74. The molecule has 1 nitrogen and oxygen atoms in total. The monoisotopic (exact) mass is 146 g/mol. The summed E-state index contributed by atoms with van der Waals surface area (Å²) in [5.41, 5.74) is -0.582. The van der Waals surface area contributed by atoms with Gasteiger partial charge in [-0.3, -0.25) is 0 Å². The van der Waals surface area contributed by atoms with Crippen LogP contribution in [0.2, 0.25) is 0 Å². The lowest BCUT2D eigenvalue weighted by Crippen LogP contribution is -2.30. The van der Waals surface area contributed by atoms with Crippen LogP contribution >= 0.6 is 0 Å². The molecule has 1 saturated carbocycles. The number of halogens is 1. The molecule has 10 heavy (non-hydrogen) atoms. The molecule has 0 aliphatic heterocycles. The third-order valence-electron chi connectivity index (χ3n) is 1.57. The minimum Gasteiger partial charge on any atom is -0.367 e. The Morgan fingerprint density at radius 1 is 1.40 bits per heavy atom. The van der Waals surface area contributed by atoms with Gasteiger partial charge in [0.15, 0.2) is 0 Å². The van der Waals surface area contributed by atoms with Crippen LogP contribution in [0, 0.1) is 0 Å². The molecule has 0 bridgehead atoms. The standard InChI is InChI=1S/C8H15FO/c1-7(2,3)10-8(6-9)4-5-8/h4-6H2,1-3H3. The molecule has 0 N–H and O–H groups in total. The molecule has 0 saturated heterocycles. The van der Waals surface area contributed by atoms with Gasteiger partial charge in [-0.2, -0.15) is 0 Å². The minimum atomic E-state index is -0.391.